The molecule has 1 aliphatic rings. The SMILES string of the molecule is C#CCc1cc(C)c(COC(=O)C2C(C=CC(=O)OC)C2(C)C)c(C)c1. The highest BCUT2D eigenvalue weighted by Crippen LogP contribution is 2.59. The van der Waals surface area contributed by atoms with Crippen molar-refractivity contribution in [2.24, 2.45) is 17.3 Å². The van der Waals surface area contributed by atoms with Crippen molar-refractivity contribution in [1.82, 2.24) is 0 Å². The van der Waals surface area contributed by atoms with E-state index in [0.29, 0.717) is 6.42 Å². The van der Waals surface area contributed by atoms with E-state index in [4.69, 9.17) is 11.2 Å². The van der Waals surface area contributed by atoms with Crippen molar-refractivity contribution in [1.29, 1.82) is 0 Å². The van der Waals surface area contributed by atoms with Crippen LogP contribution >= 0.6 is 0 Å². The van der Waals surface area contributed by atoms with E-state index in [0.717, 1.165) is 22.3 Å². The molecule has 1 aromatic rings. The Hall–Kier alpha value is -2.54. The van der Waals surface area contributed by atoms with Gasteiger partial charge in [-0.15, -0.1) is 12.3 Å². The highest BCUT2D eigenvalue weighted by Gasteiger charge is 2.61. The number of carbonyl (C=O) groups is 2. The predicted molar refractivity (Wildman–Crippen MR) is 100 cm³/mol. The minimum atomic E-state index is -0.418. The maximum atomic E-state index is 12.5. The second-order valence-corrected chi connectivity index (χ2v) is 7.40. The Labute approximate surface area is 155 Å². The van der Waals surface area contributed by atoms with E-state index >= 15 is 0 Å². The quantitative estimate of drug-likeness (QED) is 0.446. The average Bonchev–Trinajstić information content (AvgIpc) is 3.12. The molecule has 4 nitrogen and oxygen atoms in total. The summed E-state index contributed by atoms with van der Waals surface area (Å²) in [6.07, 6.45) is 9.08. The van der Waals surface area contributed by atoms with Crippen LogP contribution in [0.4, 0.5) is 0 Å². The molecule has 2 atom stereocenters. The normalized spacial score (nSPS) is 20.5. The van der Waals surface area contributed by atoms with Gasteiger partial charge in [0.25, 0.3) is 0 Å². The molecule has 26 heavy (non-hydrogen) atoms. The first-order valence-corrected chi connectivity index (χ1v) is 8.67. The summed E-state index contributed by atoms with van der Waals surface area (Å²) in [5.41, 5.74) is 4.02. The molecule has 0 N–H and O–H groups in total. The lowest BCUT2D eigenvalue weighted by Gasteiger charge is -2.13. The lowest BCUT2D eigenvalue weighted by atomic mass is 9.98. The standard InChI is InChI=1S/C22H26O4/c1-7-8-16-11-14(2)17(15(3)12-16)13-26-21(24)20-18(22(20,4)5)9-10-19(23)25-6/h1,9-12,18,20H,8,13H2,2-6H3. The fraction of sp³-hybridized carbons (Fsp3) is 0.455. The fourth-order valence-corrected chi connectivity index (χ4v) is 3.50. The molecule has 0 heterocycles. The lowest BCUT2D eigenvalue weighted by Crippen LogP contribution is -2.12. The molecule has 0 radical (unpaired) electrons. The summed E-state index contributed by atoms with van der Waals surface area (Å²) in [7, 11) is 1.33. The number of hydrogen-bond acceptors (Lipinski definition) is 4. The first-order chi connectivity index (χ1) is 12.2. The molecule has 0 aromatic heterocycles. The Morgan fingerprint density at radius 3 is 2.42 bits per heavy atom. The summed E-state index contributed by atoms with van der Waals surface area (Å²) in [5, 5.41) is 0. The second kappa shape index (κ2) is 7.78. The number of carbonyl (C=O) groups excluding carboxylic acids is 2. The molecule has 1 aliphatic carbocycles. The number of methoxy groups -OCH3 is 1. The molecular formula is C22H26O4. The van der Waals surface area contributed by atoms with Crippen LogP contribution in [-0.2, 0) is 32.1 Å². The van der Waals surface area contributed by atoms with Gasteiger partial charge >= 0.3 is 11.9 Å². The van der Waals surface area contributed by atoms with Gasteiger partial charge in [0.05, 0.1) is 13.0 Å². The van der Waals surface area contributed by atoms with Crippen LogP contribution in [0.1, 0.15) is 36.1 Å². The zero-order valence-corrected chi connectivity index (χ0v) is 16.1. The van der Waals surface area contributed by atoms with Crippen LogP contribution < -0.4 is 0 Å². The Bertz CT molecular complexity index is 757. The van der Waals surface area contributed by atoms with Crippen LogP contribution in [0.5, 0.6) is 0 Å². The molecule has 0 saturated heterocycles. The summed E-state index contributed by atoms with van der Waals surface area (Å²) in [6, 6.07) is 4.08. The van der Waals surface area contributed by atoms with E-state index in [1.807, 2.05) is 39.8 Å². The average molecular weight is 354 g/mol. The first-order valence-electron chi connectivity index (χ1n) is 8.67. The van der Waals surface area contributed by atoms with Crippen molar-refractivity contribution in [2.45, 2.75) is 40.7 Å². The largest absolute Gasteiger partial charge is 0.466 e. The third kappa shape index (κ3) is 4.16. The van der Waals surface area contributed by atoms with Gasteiger partial charge in [-0.3, -0.25) is 4.79 Å². The Kier molecular flexibility index (Phi) is 5.92. The van der Waals surface area contributed by atoms with Gasteiger partial charge in [-0.1, -0.05) is 32.1 Å². The second-order valence-electron chi connectivity index (χ2n) is 7.40. The molecule has 1 saturated carbocycles. The third-order valence-electron chi connectivity index (χ3n) is 5.23. The van der Waals surface area contributed by atoms with E-state index in [9.17, 15) is 9.59 Å². The Morgan fingerprint density at radius 2 is 1.88 bits per heavy atom. The summed E-state index contributed by atoms with van der Waals surface area (Å²) in [4.78, 5) is 23.8. The zero-order chi connectivity index (χ0) is 19.5. The Balaban J connectivity index is 2.02. The van der Waals surface area contributed by atoms with Crippen molar-refractivity contribution in [3.05, 3.63) is 46.5 Å². The lowest BCUT2D eigenvalue weighted by molar-refractivity contribution is -0.147. The van der Waals surface area contributed by atoms with E-state index in [2.05, 4.69) is 10.7 Å². The molecule has 0 bridgehead atoms. The number of rotatable bonds is 6. The molecule has 0 aliphatic heterocycles. The number of allylic oxidation sites excluding steroid dienone is 1. The van der Waals surface area contributed by atoms with Crippen molar-refractivity contribution in [2.75, 3.05) is 7.11 Å². The van der Waals surface area contributed by atoms with Crippen LogP contribution in [0.25, 0.3) is 0 Å². The minimum Gasteiger partial charge on any atom is -0.466 e. The van der Waals surface area contributed by atoms with Crippen molar-refractivity contribution in [3.8, 4) is 12.3 Å². The number of hydrogen-bond donors (Lipinski definition) is 0. The summed E-state index contributed by atoms with van der Waals surface area (Å²) in [5.74, 6) is 1.73. The minimum absolute atomic E-state index is 0.0192. The molecule has 1 fully saturated rings. The molecule has 0 amide bonds. The van der Waals surface area contributed by atoms with E-state index in [1.54, 1.807) is 6.08 Å². The first kappa shape index (κ1) is 19.8. The van der Waals surface area contributed by atoms with Gasteiger partial charge in [-0.2, -0.15) is 0 Å². The topological polar surface area (TPSA) is 52.6 Å². The Morgan fingerprint density at radius 1 is 1.27 bits per heavy atom. The number of terminal acetylenes is 1. The monoisotopic (exact) mass is 354 g/mol. The van der Waals surface area contributed by atoms with Gasteiger partial charge in [0.1, 0.15) is 6.61 Å². The van der Waals surface area contributed by atoms with Crippen LogP contribution in [0.2, 0.25) is 0 Å². The van der Waals surface area contributed by atoms with Crippen molar-refractivity contribution >= 4 is 11.9 Å². The third-order valence-corrected chi connectivity index (χ3v) is 5.23. The van der Waals surface area contributed by atoms with E-state index in [1.165, 1.54) is 13.2 Å². The van der Waals surface area contributed by atoms with Crippen LogP contribution in [0, 0.1) is 43.4 Å². The van der Waals surface area contributed by atoms with Gasteiger partial charge < -0.3 is 9.47 Å². The molecule has 4 heteroatoms. The summed E-state index contributed by atoms with van der Waals surface area (Å²) < 4.78 is 10.2. The molecule has 2 unspecified atom stereocenters. The number of esters is 2. The van der Waals surface area contributed by atoms with E-state index < -0.39 is 5.97 Å². The van der Waals surface area contributed by atoms with Crippen LogP contribution in [0.15, 0.2) is 24.3 Å². The van der Waals surface area contributed by atoms with Crippen molar-refractivity contribution in [3.63, 3.8) is 0 Å². The predicted octanol–water partition coefficient (Wildman–Crippen LogP) is 3.52. The maximum absolute atomic E-state index is 12.5. The molecule has 138 valence electrons. The zero-order valence-electron chi connectivity index (χ0n) is 16.1. The summed E-state index contributed by atoms with van der Waals surface area (Å²) in [6.45, 7) is 8.23. The van der Waals surface area contributed by atoms with Gasteiger partial charge in [-0.05, 0) is 47.4 Å². The number of benzene rings is 1. The van der Waals surface area contributed by atoms with Gasteiger partial charge in [0, 0.05) is 12.5 Å². The summed E-state index contributed by atoms with van der Waals surface area (Å²) >= 11 is 0. The van der Waals surface area contributed by atoms with Crippen LogP contribution in [0.3, 0.4) is 0 Å². The van der Waals surface area contributed by atoms with Crippen molar-refractivity contribution < 1.29 is 19.1 Å². The highest BCUT2D eigenvalue weighted by molar-refractivity contribution is 5.83. The van der Waals surface area contributed by atoms with Crippen LogP contribution in [-0.4, -0.2) is 19.0 Å². The smallest absolute Gasteiger partial charge is 0.330 e. The fourth-order valence-electron chi connectivity index (χ4n) is 3.50. The maximum Gasteiger partial charge on any atom is 0.330 e. The molecule has 2 rings (SSSR count). The number of ether oxygens (including phenoxy) is 2. The van der Waals surface area contributed by atoms with Gasteiger partial charge in [-0.25, -0.2) is 4.79 Å². The van der Waals surface area contributed by atoms with Gasteiger partial charge in [0.15, 0.2) is 0 Å². The number of aryl methyl sites for hydroxylation is 2. The molecule has 1 aromatic carbocycles. The molecule has 0 spiro atoms. The highest BCUT2D eigenvalue weighted by atomic mass is 16.5. The van der Waals surface area contributed by atoms with E-state index in [-0.39, 0.29) is 29.8 Å². The van der Waals surface area contributed by atoms with Gasteiger partial charge in [0.2, 0.25) is 0 Å². The molecular weight excluding hydrogens is 328 g/mol.